The van der Waals surface area contributed by atoms with E-state index in [0.29, 0.717) is 0 Å². The number of primary amides is 1. The van der Waals surface area contributed by atoms with Gasteiger partial charge in [0.15, 0.2) is 0 Å². The third-order valence-corrected chi connectivity index (χ3v) is 1.36. The lowest BCUT2D eigenvalue weighted by Crippen LogP contribution is -2.42. The number of carbonyl (C=O) groups excluding carboxylic acids is 2. The molecule has 0 aromatic heterocycles. The van der Waals surface area contributed by atoms with E-state index in [1.807, 2.05) is 0 Å². The largest absolute Gasteiger partial charge is 0.368 e. The van der Waals surface area contributed by atoms with Gasteiger partial charge in [-0.1, -0.05) is 0 Å². The second kappa shape index (κ2) is 4.68. The Hall–Kier alpha value is -1.10. The van der Waals surface area contributed by atoms with Gasteiger partial charge in [0.25, 0.3) is 0 Å². The van der Waals surface area contributed by atoms with Crippen LogP contribution in [0.3, 0.4) is 0 Å². The van der Waals surface area contributed by atoms with E-state index in [4.69, 9.17) is 5.73 Å². The molecule has 0 aromatic carbocycles. The monoisotopic (exact) mass is 159 g/mol. The fraction of sp³-hybridized carbons (Fsp3) is 0.667. The summed E-state index contributed by atoms with van der Waals surface area (Å²) in [6.07, 6.45) is 0.0856. The quantitative estimate of drug-likeness (QED) is 0.452. The van der Waals surface area contributed by atoms with Crippen LogP contribution >= 0.6 is 0 Å². The van der Waals surface area contributed by atoms with Gasteiger partial charge < -0.3 is 16.4 Å². The Balaban J connectivity index is 3.88. The molecule has 0 bridgehead atoms. The molecule has 0 rings (SSSR count). The lowest BCUT2D eigenvalue weighted by molar-refractivity contribution is -0.126. The number of likely N-dealkylation sites (N-methyl/N-ethyl adjacent to an activating group) is 1. The summed E-state index contributed by atoms with van der Waals surface area (Å²) in [6, 6.07) is -0.574. The van der Waals surface area contributed by atoms with E-state index in [9.17, 15) is 9.59 Å². The van der Waals surface area contributed by atoms with Crippen LogP contribution < -0.4 is 16.4 Å². The van der Waals surface area contributed by atoms with E-state index in [1.165, 1.54) is 7.05 Å². The van der Waals surface area contributed by atoms with E-state index in [-0.39, 0.29) is 12.3 Å². The summed E-state index contributed by atoms with van der Waals surface area (Å²) in [5.41, 5.74) is 4.97. The highest BCUT2D eigenvalue weighted by Crippen LogP contribution is 1.88. The van der Waals surface area contributed by atoms with E-state index in [0.717, 1.165) is 0 Å². The predicted molar refractivity (Wildman–Crippen MR) is 40.7 cm³/mol. The maximum atomic E-state index is 10.7. The molecule has 0 aliphatic rings. The second-order valence-corrected chi connectivity index (χ2v) is 2.12. The fourth-order valence-electron chi connectivity index (χ4n) is 0.632. The standard InChI is InChI=1S/C6H13N3O2/c1-8-4(6(7)11)3-5(10)9-2/h4,8H,3H2,1-2H3,(H2,7,11)(H,9,10). The smallest absolute Gasteiger partial charge is 0.235 e. The maximum absolute atomic E-state index is 10.7. The molecule has 5 heteroatoms. The molecule has 0 saturated heterocycles. The molecule has 0 heterocycles. The Morgan fingerprint density at radius 1 is 1.45 bits per heavy atom. The molecule has 0 aliphatic heterocycles. The molecule has 11 heavy (non-hydrogen) atoms. The van der Waals surface area contributed by atoms with Gasteiger partial charge in [0.05, 0.1) is 12.5 Å². The zero-order chi connectivity index (χ0) is 8.85. The van der Waals surface area contributed by atoms with Gasteiger partial charge in [0, 0.05) is 7.05 Å². The van der Waals surface area contributed by atoms with Gasteiger partial charge >= 0.3 is 0 Å². The Kier molecular flexibility index (Phi) is 4.21. The molecule has 0 aromatic rings. The van der Waals surface area contributed by atoms with Crippen LogP contribution in [0.1, 0.15) is 6.42 Å². The Morgan fingerprint density at radius 2 is 2.00 bits per heavy atom. The molecular formula is C6H13N3O2. The molecular weight excluding hydrogens is 146 g/mol. The zero-order valence-corrected chi connectivity index (χ0v) is 6.68. The molecule has 1 atom stereocenters. The minimum atomic E-state index is -0.574. The summed E-state index contributed by atoms with van der Waals surface area (Å²) in [7, 11) is 3.09. The van der Waals surface area contributed by atoms with Crippen LogP contribution in [0.5, 0.6) is 0 Å². The fourth-order valence-corrected chi connectivity index (χ4v) is 0.632. The summed E-state index contributed by atoms with van der Waals surface area (Å²) < 4.78 is 0. The van der Waals surface area contributed by atoms with Crippen LogP contribution in [0, 0.1) is 0 Å². The maximum Gasteiger partial charge on any atom is 0.235 e. The number of carbonyl (C=O) groups is 2. The molecule has 4 N–H and O–H groups in total. The van der Waals surface area contributed by atoms with Gasteiger partial charge in [-0.3, -0.25) is 9.59 Å². The topological polar surface area (TPSA) is 84.2 Å². The zero-order valence-electron chi connectivity index (χ0n) is 6.68. The summed E-state index contributed by atoms with van der Waals surface area (Å²) in [5, 5.41) is 5.03. The average Bonchev–Trinajstić information content (AvgIpc) is 1.99. The third-order valence-electron chi connectivity index (χ3n) is 1.36. The van der Waals surface area contributed by atoms with Crippen molar-refractivity contribution in [3.8, 4) is 0 Å². The molecule has 0 fully saturated rings. The van der Waals surface area contributed by atoms with Gasteiger partial charge in [-0.15, -0.1) is 0 Å². The minimum Gasteiger partial charge on any atom is -0.368 e. The molecule has 0 spiro atoms. The Morgan fingerprint density at radius 3 is 2.27 bits per heavy atom. The lowest BCUT2D eigenvalue weighted by Gasteiger charge is -2.09. The van der Waals surface area contributed by atoms with E-state index < -0.39 is 11.9 Å². The van der Waals surface area contributed by atoms with Gasteiger partial charge in [-0.25, -0.2) is 0 Å². The molecule has 0 radical (unpaired) electrons. The van der Waals surface area contributed by atoms with Crippen molar-refractivity contribution < 1.29 is 9.59 Å². The normalized spacial score (nSPS) is 12.2. The first kappa shape index (κ1) is 9.90. The van der Waals surface area contributed by atoms with Crippen LogP contribution in [-0.4, -0.2) is 32.0 Å². The van der Waals surface area contributed by atoms with Gasteiger partial charge in [-0.2, -0.15) is 0 Å². The van der Waals surface area contributed by atoms with Crippen LogP contribution in [0.25, 0.3) is 0 Å². The van der Waals surface area contributed by atoms with Crippen molar-refractivity contribution >= 4 is 11.8 Å². The summed E-state index contributed by atoms with van der Waals surface area (Å²) in [5.74, 6) is -0.723. The van der Waals surface area contributed by atoms with Crippen molar-refractivity contribution in [1.29, 1.82) is 0 Å². The number of nitrogens with two attached hydrogens (primary N) is 1. The van der Waals surface area contributed by atoms with E-state index >= 15 is 0 Å². The van der Waals surface area contributed by atoms with Crippen molar-refractivity contribution in [2.75, 3.05) is 14.1 Å². The first-order valence-electron chi connectivity index (χ1n) is 3.29. The highest BCUT2D eigenvalue weighted by atomic mass is 16.2. The van der Waals surface area contributed by atoms with E-state index in [2.05, 4.69) is 10.6 Å². The Labute approximate surface area is 65.3 Å². The minimum absolute atomic E-state index is 0.0856. The van der Waals surface area contributed by atoms with Crippen molar-refractivity contribution in [2.45, 2.75) is 12.5 Å². The highest BCUT2D eigenvalue weighted by molar-refractivity contribution is 5.87. The number of rotatable bonds is 4. The molecule has 0 saturated carbocycles. The van der Waals surface area contributed by atoms with Gasteiger partial charge in [0.1, 0.15) is 0 Å². The third kappa shape index (κ3) is 3.57. The first-order chi connectivity index (χ1) is 5.11. The Bertz CT molecular complexity index is 158. The average molecular weight is 159 g/mol. The van der Waals surface area contributed by atoms with Crippen LogP contribution in [0.4, 0.5) is 0 Å². The van der Waals surface area contributed by atoms with Crippen molar-refractivity contribution in [2.24, 2.45) is 5.73 Å². The predicted octanol–water partition coefficient (Wildman–Crippen LogP) is -1.80. The number of hydrogen-bond acceptors (Lipinski definition) is 3. The number of nitrogens with one attached hydrogen (secondary N) is 2. The molecule has 0 aliphatic carbocycles. The van der Waals surface area contributed by atoms with Crippen LogP contribution in [0.2, 0.25) is 0 Å². The second-order valence-electron chi connectivity index (χ2n) is 2.12. The van der Waals surface area contributed by atoms with Crippen LogP contribution in [0.15, 0.2) is 0 Å². The van der Waals surface area contributed by atoms with Crippen LogP contribution in [-0.2, 0) is 9.59 Å². The highest BCUT2D eigenvalue weighted by Gasteiger charge is 2.15. The lowest BCUT2D eigenvalue weighted by atomic mass is 10.2. The molecule has 1 unspecified atom stereocenters. The summed E-state index contributed by atoms with van der Waals surface area (Å²) >= 11 is 0. The van der Waals surface area contributed by atoms with Crippen molar-refractivity contribution in [1.82, 2.24) is 10.6 Å². The molecule has 5 nitrogen and oxygen atoms in total. The van der Waals surface area contributed by atoms with Crippen molar-refractivity contribution in [3.05, 3.63) is 0 Å². The summed E-state index contributed by atoms with van der Waals surface area (Å²) in [6.45, 7) is 0. The van der Waals surface area contributed by atoms with Gasteiger partial charge in [-0.05, 0) is 7.05 Å². The van der Waals surface area contributed by atoms with Gasteiger partial charge in [0.2, 0.25) is 11.8 Å². The van der Waals surface area contributed by atoms with Crippen molar-refractivity contribution in [3.63, 3.8) is 0 Å². The number of amides is 2. The van der Waals surface area contributed by atoms with E-state index in [1.54, 1.807) is 7.05 Å². The summed E-state index contributed by atoms with van der Waals surface area (Å²) in [4.78, 5) is 21.3. The SMILES string of the molecule is CNC(=O)CC(NC)C(N)=O. The first-order valence-corrected chi connectivity index (χ1v) is 3.29. The molecule has 2 amide bonds. The number of hydrogen-bond donors (Lipinski definition) is 3. The molecule has 64 valence electrons.